The summed E-state index contributed by atoms with van der Waals surface area (Å²) in [4.78, 5) is 9.70. The van der Waals surface area contributed by atoms with Gasteiger partial charge in [0.2, 0.25) is 6.29 Å². The van der Waals surface area contributed by atoms with Gasteiger partial charge < -0.3 is 10.2 Å². The molecule has 0 fully saturated rings. The summed E-state index contributed by atoms with van der Waals surface area (Å²) in [5.41, 5.74) is 0.280. The third-order valence-electron chi connectivity index (χ3n) is 1.65. The molecule has 0 bridgehead atoms. The Morgan fingerprint density at radius 3 is 2.15 bits per heavy atom. The fourth-order valence-electron chi connectivity index (χ4n) is 1.05. The Balaban J connectivity index is 2.96. The number of hydrogen-bond donors (Lipinski definition) is 2. The van der Waals surface area contributed by atoms with Crippen molar-refractivity contribution in [1.29, 1.82) is 0 Å². The predicted molar refractivity (Wildman–Crippen MR) is 44.4 cm³/mol. The maximum absolute atomic E-state index is 10.4. The highest BCUT2D eigenvalue weighted by molar-refractivity contribution is 5.17. The summed E-state index contributed by atoms with van der Waals surface area (Å²) < 4.78 is 0. The van der Waals surface area contributed by atoms with Gasteiger partial charge in [0.1, 0.15) is 0 Å². The van der Waals surface area contributed by atoms with Crippen LogP contribution in [0.2, 0.25) is 0 Å². The highest BCUT2D eigenvalue weighted by atomic mass is 16.6. The molecule has 70 valence electrons. The molecule has 0 saturated carbocycles. The van der Waals surface area contributed by atoms with E-state index in [2.05, 4.69) is 0 Å². The summed E-state index contributed by atoms with van der Waals surface area (Å²) in [6, 6.07) is 6.40. The third kappa shape index (κ3) is 2.24. The zero-order chi connectivity index (χ0) is 9.84. The van der Waals surface area contributed by atoms with Crippen LogP contribution in [0.5, 0.6) is 0 Å². The maximum Gasteiger partial charge on any atom is 0.287 e. The molecule has 1 rings (SSSR count). The maximum atomic E-state index is 10.4. The van der Waals surface area contributed by atoms with Gasteiger partial charge in [-0.15, -0.1) is 0 Å². The van der Waals surface area contributed by atoms with Crippen molar-refractivity contribution in [2.24, 2.45) is 0 Å². The number of hydrogen-bond acceptors (Lipinski definition) is 4. The molecule has 5 nitrogen and oxygen atoms in total. The molecule has 0 amide bonds. The number of nitro groups is 1. The Labute approximate surface area is 74.4 Å². The fraction of sp³-hybridized carbons (Fsp3) is 0.250. The minimum absolute atomic E-state index is 0.280. The normalized spacial score (nSPS) is 12.8. The fourth-order valence-corrected chi connectivity index (χ4v) is 1.05. The van der Waals surface area contributed by atoms with Gasteiger partial charge in [-0.3, -0.25) is 10.1 Å². The van der Waals surface area contributed by atoms with E-state index >= 15 is 0 Å². The summed E-state index contributed by atoms with van der Waals surface area (Å²) >= 11 is 0. The number of rotatable bonds is 3. The van der Waals surface area contributed by atoms with E-state index in [0.29, 0.717) is 0 Å². The molecule has 1 unspecified atom stereocenters. The standard InChI is InChI=1S/C8H9NO4/c10-8(11)7(9(12)13)6-4-2-1-3-5-6/h1-5,7-8,10-11H. The van der Waals surface area contributed by atoms with Crippen molar-refractivity contribution in [3.63, 3.8) is 0 Å². The summed E-state index contributed by atoms with van der Waals surface area (Å²) in [7, 11) is 0. The second-order valence-electron chi connectivity index (χ2n) is 2.55. The van der Waals surface area contributed by atoms with E-state index in [4.69, 9.17) is 10.2 Å². The quantitative estimate of drug-likeness (QED) is 0.401. The number of aliphatic hydroxyl groups excluding tert-OH is 1. The number of benzene rings is 1. The highest BCUT2D eigenvalue weighted by Crippen LogP contribution is 2.18. The van der Waals surface area contributed by atoms with Crippen LogP contribution in [0.15, 0.2) is 30.3 Å². The lowest BCUT2D eigenvalue weighted by Gasteiger charge is -2.10. The van der Waals surface area contributed by atoms with Crippen molar-refractivity contribution >= 4 is 0 Å². The van der Waals surface area contributed by atoms with Gasteiger partial charge in [-0.05, 0) is 0 Å². The molecular formula is C8H9NO4. The van der Waals surface area contributed by atoms with Gasteiger partial charge in [-0.2, -0.15) is 0 Å². The molecule has 1 atom stereocenters. The van der Waals surface area contributed by atoms with Crippen LogP contribution in [0, 0.1) is 10.1 Å². The van der Waals surface area contributed by atoms with E-state index in [1.807, 2.05) is 0 Å². The average molecular weight is 183 g/mol. The predicted octanol–water partition coefficient (Wildman–Crippen LogP) is 0.315. The van der Waals surface area contributed by atoms with Crippen LogP contribution in [0.3, 0.4) is 0 Å². The first-order chi connectivity index (χ1) is 6.13. The molecule has 1 aromatic carbocycles. The second-order valence-corrected chi connectivity index (χ2v) is 2.55. The SMILES string of the molecule is O=[N+]([O-])C(c1ccccc1)C(O)O. The molecule has 0 aromatic heterocycles. The van der Waals surface area contributed by atoms with Gasteiger partial charge in [-0.1, -0.05) is 30.3 Å². The van der Waals surface area contributed by atoms with Gasteiger partial charge in [0.15, 0.2) is 0 Å². The Morgan fingerprint density at radius 2 is 1.77 bits per heavy atom. The van der Waals surface area contributed by atoms with Gasteiger partial charge in [-0.25, -0.2) is 0 Å². The lowest BCUT2D eigenvalue weighted by atomic mass is 10.1. The summed E-state index contributed by atoms with van der Waals surface area (Å²) in [5.74, 6) is 0. The van der Waals surface area contributed by atoms with Crippen molar-refractivity contribution in [3.05, 3.63) is 46.0 Å². The van der Waals surface area contributed by atoms with Crippen molar-refractivity contribution in [2.45, 2.75) is 12.3 Å². The van der Waals surface area contributed by atoms with Crippen LogP contribution >= 0.6 is 0 Å². The lowest BCUT2D eigenvalue weighted by molar-refractivity contribution is -0.553. The first kappa shape index (κ1) is 9.63. The van der Waals surface area contributed by atoms with Crippen molar-refractivity contribution in [3.8, 4) is 0 Å². The van der Waals surface area contributed by atoms with Gasteiger partial charge in [0.25, 0.3) is 6.04 Å². The van der Waals surface area contributed by atoms with Gasteiger partial charge in [0.05, 0.1) is 0 Å². The van der Waals surface area contributed by atoms with Gasteiger partial charge >= 0.3 is 0 Å². The molecule has 0 saturated heterocycles. The largest absolute Gasteiger partial charge is 0.362 e. The number of aliphatic hydroxyl groups is 2. The molecule has 1 aromatic rings. The molecule has 5 heteroatoms. The topological polar surface area (TPSA) is 83.6 Å². The third-order valence-corrected chi connectivity index (χ3v) is 1.65. The van der Waals surface area contributed by atoms with Crippen LogP contribution in [0.25, 0.3) is 0 Å². The second kappa shape index (κ2) is 3.97. The van der Waals surface area contributed by atoms with Crippen molar-refractivity contribution < 1.29 is 15.1 Å². The Hall–Kier alpha value is -1.46. The van der Waals surface area contributed by atoms with Crippen LogP contribution < -0.4 is 0 Å². The zero-order valence-corrected chi connectivity index (χ0v) is 6.70. The molecule has 0 aliphatic heterocycles. The van der Waals surface area contributed by atoms with E-state index in [1.54, 1.807) is 18.2 Å². The minimum atomic E-state index is -1.97. The Morgan fingerprint density at radius 1 is 1.23 bits per heavy atom. The molecule has 0 aliphatic carbocycles. The molecular weight excluding hydrogens is 174 g/mol. The van der Waals surface area contributed by atoms with Crippen LogP contribution in [-0.2, 0) is 0 Å². The van der Waals surface area contributed by atoms with Crippen LogP contribution in [-0.4, -0.2) is 21.4 Å². The Kier molecular flexibility index (Phi) is 2.94. The minimum Gasteiger partial charge on any atom is -0.362 e. The smallest absolute Gasteiger partial charge is 0.287 e. The molecule has 0 aliphatic rings. The van der Waals surface area contributed by atoms with E-state index in [1.165, 1.54) is 12.1 Å². The molecule has 0 heterocycles. The highest BCUT2D eigenvalue weighted by Gasteiger charge is 2.29. The van der Waals surface area contributed by atoms with Crippen LogP contribution in [0.1, 0.15) is 11.6 Å². The molecule has 0 spiro atoms. The monoisotopic (exact) mass is 183 g/mol. The lowest BCUT2D eigenvalue weighted by Crippen LogP contribution is -2.24. The average Bonchev–Trinajstić information content (AvgIpc) is 2.04. The van der Waals surface area contributed by atoms with Crippen molar-refractivity contribution in [1.82, 2.24) is 0 Å². The number of nitrogens with zero attached hydrogens (tertiary/aromatic N) is 1. The summed E-state index contributed by atoms with van der Waals surface area (Å²) in [5, 5.41) is 27.9. The van der Waals surface area contributed by atoms with Gasteiger partial charge in [0, 0.05) is 10.5 Å². The molecule has 13 heavy (non-hydrogen) atoms. The zero-order valence-electron chi connectivity index (χ0n) is 6.70. The van der Waals surface area contributed by atoms with E-state index in [-0.39, 0.29) is 5.56 Å². The molecule has 2 N–H and O–H groups in total. The van der Waals surface area contributed by atoms with E-state index in [9.17, 15) is 10.1 Å². The summed E-state index contributed by atoms with van der Waals surface area (Å²) in [6.07, 6.45) is -1.97. The first-order valence-electron chi connectivity index (χ1n) is 3.67. The Bertz CT molecular complexity index is 285. The van der Waals surface area contributed by atoms with E-state index < -0.39 is 17.3 Å². The van der Waals surface area contributed by atoms with Crippen LogP contribution in [0.4, 0.5) is 0 Å². The van der Waals surface area contributed by atoms with Crippen molar-refractivity contribution in [2.75, 3.05) is 0 Å². The first-order valence-corrected chi connectivity index (χ1v) is 3.67. The molecule has 0 radical (unpaired) electrons. The summed E-state index contributed by atoms with van der Waals surface area (Å²) in [6.45, 7) is 0. The van der Waals surface area contributed by atoms with E-state index in [0.717, 1.165) is 0 Å².